The molecular weight excluding hydrogens is 184 g/mol. The number of fused-ring (bicyclic) bond motifs is 1. The van der Waals surface area contributed by atoms with E-state index in [9.17, 15) is 0 Å². The molecule has 1 aromatic carbocycles. The van der Waals surface area contributed by atoms with Gasteiger partial charge in [-0.25, -0.2) is 0 Å². The van der Waals surface area contributed by atoms with Crippen molar-refractivity contribution < 1.29 is 0 Å². The minimum atomic E-state index is 0.369. The molecule has 2 aliphatic rings. The second kappa shape index (κ2) is 3.32. The van der Waals surface area contributed by atoms with Crippen LogP contribution in [-0.4, -0.2) is 23.5 Å². The lowest BCUT2D eigenvalue weighted by Crippen LogP contribution is -2.45. The van der Waals surface area contributed by atoms with Gasteiger partial charge >= 0.3 is 0 Å². The van der Waals surface area contributed by atoms with Gasteiger partial charge in [0.25, 0.3) is 0 Å². The number of hydrogen-bond donors (Lipinski definition) is 1. The van der Waals surface area contributed by atoms with Gasteiger partial charge in [-0.3, -0.25) is 4.90 Å². The maximum Gasteiger partial charge on any atom is 0.0336 e. The van der Waals surface area contributed by atoms with Gasteiger partial charge in [0, 0.05) is 25.2 Å². The summed E-state index contributed by atoms with van der Waals surface area (Å²) in [7, 11) is 0. The molecule has 2 nitrogen and oxygen atoms in total. The number of benzene rings is 1. The van der Waals surface area contributed by atoms with Gasteiger partial charge in [0.05, 0.1) is 0 Å². The van der Waals surface area contributed by atoms with Crippen LogP contribution < -0.4 is 5.73 Å². The minimum Gasteiger partial charge on any atom is -0.329 e. The number of rotatable bonds is 2. The van der Waals surface area contributed by atoms with Gasteiger partial charge in [-0.2, -0.15) is 0 Å². The average Bonchev–Trinajstić information content (AvgIpc) is 3.09. The SMILES string of the molecule is NCC1(N2CCc3ccccc3C2)CC1. The van der Waals surface area contributed by atoms with Crippen LogP contribution in [0.15, 0.2) is 24.3 Å². The van der Waals surface area contributed by atoms with Gasteiger partial charge in [0.2, 0.25) is 0 Å². The monoisotopic (exact) mass is 202 g/mol. The highest BCUT2D eigenvalue weighted by Gasteiger charge is 2.47. The third kappa shape index (κ3) is 1.48. The normalized spacial score (nSPS) is 23.5. The number of nitrogens with two attached hydrogens (primary N) is 1. The average molecular weight is 202 g/mol. The fourth-order valence-corrected chi connectivity index (χ4v) is 2.69. The van der Waals surface area contributed by atoms with E-state index in [2.05, 4.69) is 29.2 Å². The molecule has 0 bridgehead atoms. The Kier molecular flexibility index (Phi) is 2.08. The zero-order valence-electron chi connectivity index (χ0n) is 9.08. The van der Waals surface area contributed by atoms with Crippen LogP contribution >= 0.6 is 0 Å². The van der Waals surface area contributed by atoms with Crippen molar-refractivity contribution in [3.05, 3.63) is 35.4 Å². The van der Waals surface area contributed by atoms with E-state index in [4.69, 9.17) is 5.73 Å². The third-order valence-electron chi connectivity index (χ3n) is 4.01. The molecule has 0 aromatic heterocycles. The highest BCUT2D eigenvalue weighted by atomic mass is 15.2. The predicted octanol–water partition coefficient (Wildman–Crippen LogP) is 1.54. The molecule has 3 rings (SSSR count). The van der Waals surface area contributed by atoms with E-state index in [1.54, 1.807) is 0 Å². The maximum atomic E-state index is 5.88. The summed E-state index contributed by atoms with van der Waals surface area (Å²) in [6.07, 6.45) is 3.79. The van der Waals surface area contributed by atoms with Crippen molar-refractivity contribution >= 4 is 0 Å². The molecule has 0 saturated heterocycles. The summed E-state index contributed by atoms with van der Waals surface area (Å²) < 4.78 is 0. The first-order chi connectivity index (χ1) is 7.34. The first kappa shape index (κ1) is 9.37. The molecule has 2 N–H and O–H groups in total. The van der Waals surface area contributed by atoms with Crippen LogP contribution in [0.1, 0.15) is 24.0 Å². The highest BCUT2D eigenvalue weighted by Crippen LogP contribution is 2.42. The van der Waals surface area contributed by atoms with Crippen LogP contribution in [0.3, 0.4) is 0 Å². The van der Waals surface area contributed by atoms with Crippen molar-refractivity contribution in [3.8, 4) is 0 Å². The van der Waals surface area contributed by atoms with Crippen LogP contribution in [0.5, 0.6) is 0 Å². The molecular formula is C13H18N2. The zero-order valence-corrected chi connectivity index (χ0v) is 9.08. The molecule has 1 aromatic rings. The first-order valence-electron chi connectivity index (χ1n) is 5.86. The van der Waals surface area contributed by atoms with Gasteiger partial charge in [-0.1, -0.05) is 24.3 Å². The van der Waals surface area contributed by atoms with E-state index < -0.39 is 0 Å². The Morgan fingerprint density at radius 1 is 1.20 bits per heavy atom. The fourth-order valence-electron chi connectivity index (χ4n) is 2.69. The summed E-state index contributed by atoms with van der Waals surface area (Å²) in [5.74, 6) is 0. The molecule has 0 unspecified atom stereocenters. The second-order valence-electron chi connectivity index (χ2n) is 4.87. The molecule has 0 atom stereocenters. The van der Waals surface area contributed by atoms with Crippen LogP contribution in [-0.2, 0) is 13.0 Å². The Balaban J connectivity index is 1.83. The summed E-state index contributed by atoms with van der Waals surface area (Å²) in [6.45, 7) is 3.12. The van der Waals surface area contributed by atoms with E-state index in [0.29, 0.717) is 5.54 Å². The van der Waals surface area contributed by atoms with Crippen molar-refractivity contribution in [1.82, 2.24) is 4.90 Å². The Morgan fingerprint density at radius 3 is 2.60 bits per heavy atom. The van der Waals surface area contributed by atoms with Gasteiger partial charge in [-0.05, 0) is 30.4 Å². The summed E-state index contributed by atoms with van der Waals surface area (Å²) in [5.41, 5.74) is 9.28. The van der Waals surface area contributed by atoms with Crippen molar-refractivity contribution in [3.63, 3.8) is 0 Å². The molecule has 2 heteroatoms. The van der Waals surface area contributed by atoms with Gasteiger partial charge in [0.1, 0.15) is 0 Å². The Labute approximate surface area is 91.1 Å². The minimum absolute atomic E-state index is 0.369. The summed E-state index contributed by atoms with van der Waals surface area (Å²) in [4.78, 5) is 2.59. The van der Waals surface area contributed by atoms with Crippen LogP contribution in [0.4, 0.5) is 0 Å². The summed E-state index contributed by atoms with van der Waals surface area (Å²) >= 11 is 0. The van der Waals surface area contributed by atoms with Crippen molar-refractivity contribution in [1.29, 1.82) is 0 Å². The third-order valence-corrected chi connectivity index (χ3v) is 4.01. The van der Waals surface area contributed by atoms with Crippen molar-refractivity contribution in [2.24, 2.45) is 5.73 Å². The maximum absolute atomic E-state index is 5.88. The molecule has 1 aliphatic heterocycles. The molecule has 1 fully saturated rings. The lowest BCUT2D eigenvalue weighted by atomic mass is 9.98. The van der Waals surface area contributed by atoms with Crippen LogP contribution in [0, 0.1) is 0 Å². The summed E-state index contributed by atoms with van der Waals surface area (Å²) in [5, 5.41) is 0. The standard InChI is InChI=1S/C13H18N2/c14-10-13(6-7-13)15-8-5-11-3-1-2-4-12(11)9-15/h1-4H,5-10,14H2. The van der Waals surface area contributed by atoms with E-state index in [-0.39, 0.29) is 0 Å². The first-order valence-corrected chi connectivity index (χ1v) is 5.86. The van der Waals surface area contributed by atoms with E-state index in [1.165, 1.54) is 36.9 Å². The molecule has 1 aliphatic carbocycles. The highest BCUT2D eigenvalue weighted by molar-refractivity contribution is 5.30. The summed E-state index contributed by atoms with van der Waals surface area (Å²) in [6, 6.07) is 8.80. The Bertz CT molecular complexity index is 369. The molecule has 0 spiro atoms. The van der Waals surface area contributed by atoms with Crippen LogP contribution in [0.2, 0.25) is 0 Å². The molecule has 80 valence electrons. The Morgan fingerprint density at radius 2 is 1.93 bits per heavy atom. The molecule has 0 amide bonds. The fraction of sp³-hybridized carbons (Fsp3) is 0.538. The Hall–Kier alpha value is -0.860. The zero-order chi connectivity index (χ0) is 10.3. The van der Waals surface area contributed by atoms with Crippen molar-refractivity contribution in [2.75, 3.05) is 13.1 Å². The van der Waals surface area contributed by atoms with Gasteiger partial charge < -0.3 is 5.73 Å². The quantitative estimate of drug-likeness (QED) is 0.788. The second-order valence-corrected chi connectivity index (χ2v) is 4.87. The predicted molar refractivity (Wildman–Crippen MR) is 61.6 cm³/mol. The molecule has 15 heavy (non-hydrogen) atoms. The van der Waals surface area contributed by atoms with Gasteiger partial charge in [-0.15, -0.1) is 0 Å². The number of nitrogens with zero attached hydrogens (tertiary/aromatic N) is 1. The topological polar surface area (TPSA) is 29.3 Å². The largest absolute Gasteiger partial charge is 0.329 e. The van der Waals surface area contributed by atoms with E-state index >= 15 is 0 Å². The number of hydrogen-bond acceptors (Lipinski definition) is 2. The van der Waals surface area contributed by atoms with Crippen molar-refractivity contribution in [2.45, 2.75) is 31.3 Å². The molecule has 1 heterocycles. The molecule has 1 saturated carbocycles. The molecule has 0 radical (unpaired) electrons. The smallest absolute Gasteiger partial charge is 0.0336 e. The lowest BCUT2D eigenvalue weighted by molar-refractivity contribution is 0.164. The van der Waals surface area contributed by atoms with Crippen LogP contribution in [0.25, 0.3) is 0 Å². The van der Waals surface area contributed by atoms with E-state index in [1.807, 2.05) is 0 Å². The lowest BCUT2D eigenvalue weighted by Gasteiger charge is -2.35. The van der Waals surface area contributed by atoms with Gasteiger partial charge in [0.15, 0.2) is 0 Å². The van der Waals surface area contributed by atoms with E-state index in [0.717, 1.165) is 13.1 Å².